The van der Waals surface area contributed by atoms with E-state index in [1.807, 2.05) is 19.1 Å². The first-order valence-electron chi connectivity index (χ1n) is 5.56. The highest BCUT2D eigenvalue weighted by Crippen LogP contribution is 2.63. The highest BCUT2D eigenvalue weighted by atomic mass is 35.5. The lowest BCUT2D eigenvalue weighted by Crippen LogP contribution is -2.40. The molecule has 2 atom stereocenters. The van der Waals surface area contributed by atoms with Gasteiger partial charge in [0.25, 0.3) is 0 Å². The summed E-state index contributed by atoms with van der Waals surface area (Å²) in [6.45, 7) is 3.71. The van der Waals surface area contributed by atoms with Gasteiger partial charge in [0.1, 0.15) is 10.1 Å². The molecule has 1 aliphatic carbocycles. The smallest absolute Gasteiger partial charge is 0.229 e. The van der Waals surface area contributed by atoms with Crippen LogP contribution >= 0.6 is 23.2 Å². The van der Waals surface area contributed by atoms with Gasteiger partial charge in [-0.25, -0.2) is 0 Å². The predicted octanol–water partition coefficient (Wildman–Crippen LogP) is 2.91. The Balaban J connectivity index is 1.88. The van der Waals surface area contributed by atoms with Crippen LogP contribution in [0.25, 0.3) is 0 Å². The summed E-state index contributed by atoms with van der Waals surface area (Å²) in [6, 6.07) is 3.71. The Hall–Kier alpha value is -0.670. The summed E-state index contributed by atoms with van der Waals surface area (Å²) < 4.78 is 4.31. The number of amides is 1. The van der Waals surface area contributed by atoms with Gasteiger partial charge >= 0.3 is 0 Å². The topological polar surface area (TPSA) is 42.2 Å². The van der Waals surface area contributed by atoms with E-state index in [4.69, 9.17) is 27.6 Å². The molecule has 1 N–H and O–H groups in total. The van der Waals surface area contributed by atoms with Crippen LogP contribution in [0.5, 0.6) is 0 Å². The molecule has 0 saturated heterocycles. The Morgan fingerprint density at radius 2 is 2.29 bits per heavy atom. The van der Waals surface area contributed by atoms with Crippen LogP contribution in [0.15, 0.2) is 22.8 Å². The zero-order valence-corrected chi connectivity index (χ0v) is 11.3. The minimum atomic E-state index is -0.915. The summed E-state index contributed by atoms with van der Waals surface area (Å²) in [7, 11) is 0. The largest absolute Gasteiger partial charge is 0.469 e. The Labute approximate surface area is 110 Å². The SMILES string of the molecule is CC(Cc1ccco1)NC(=O)C1(C)CC1(Cl)Cl. The molecule has 0 bridgehead atoms. The fraction of sp³-hybridized carbons (Fsp3) is 0.583. The summed E-state index contributed by atoms with van der Waals surface area (Å²) in [5.74, 6) is 0.753. The van der Waals surface area contributed by atoms with Crippen molar-refractivity contribution in [2.24, 2.45) is 5.41 Å². The number of furan rings is 1. The molecule has 94 valence electrons. The molecule has 1 aliphatic rings. The lowest BCUT2D eigenvalue weighted by atomic mass is 10.1. The molecule has 5 heteroatoms. The fourth-order valence-electron chi connectivity index (χ4n) is 1.81. The van der Waals surface area contributed by atoms with Gasteiger partial charge in [0.05, 0.1) is 11.7 Å². The molecular formula is C12H15Cl2NO2. The number of nitrogens with one attached hydrogen (secondary N) is 1. The molecule has 0 aliphatic heterocycles. The van der Waals surface area contributed by atoms with E-state index in [0.29, 0.717) is 12.8 Å². The molecule has 1 amide bonds. The predicted molar refractivity (Wildman–Crippen MR) is 67.2 cm³/mol. The normalized spacial score (nSPS) is 27.5. The highest BCUT2D eigenvalue weighted by Gasteiger charge is 2.67. The third-order valence-corrected chi connectivity index (χ3v) is 4.33. The van der Waals surface area contributed by atoms with Crippen LogP contribution in [-0.4, -0.2) is 16.3 Å². The van der Waals surface area contributed by atoms with Crippen LogP contribution in [0, 0.1) is 5.41 Å². The van der Waals surface area contributed by atoms with Crippen molar-refractivity contribution >= 4 is 29.1 Å². The van der Waals surface area contributed by atoms with Crippen molar-refractivity contribution in [3.8, 4) is 0 Å². The Morgan fingerprint density at radius 1 is 1.65 bits per heavy atom. The standard InChI is InChI=1S/C12H15Cl2NO2/c1-8(6-9-4-3-5-17-9)15-10(16)11(2)7-12(11,13)14/h3-5,8H,6-7H2,1-2H3,(H,15,16). The van der Waals surface area contributed by atoms with E-state index >= 15 is 0 Å². The number of hydrogen-bond acceptors (Lipinski definition) is 2. The van der Waals surface area contributed by atoms with E-state index in [1.54, 1.807) is 13.2 Å². The first-order chi connectivity index (χ1) is 7.85. The van der Waals surface area contributed by atoms with Crippen LogP contribution in [0.3, 0.4) is 0 Å². The molecule has 1 saturated carbocycles. The van der Waals surface area contributed by atoms with E-state index in [1.165, 1.54) is 0 Å². The fourth-order valence-corrected chi connectivity index (χ4v) is 2.52. The molecular weight excluding hydrogens is 261 g/mol. The van der Waals surface area contributed by atoms with Crippen LogP contribution in [0.2, 0.25) is 0 Å². The molecule has 1 fully saturated rings. The maximum absolute atomic E-state index is 12.0. The second-order valence-corrected chi connectivity index (χ2v) is 6.36. The summed E-state index contributed by atoms with van der Waals surface area (Å²) in [4.78, 5) is 12.0. The molecule has 1 aromatic heterocycles. The molecule has 0 radical (unpaired) electrons. The number of rotatable bonds is 4. The van der Waals surface area contributed by atoms with Crippen molar-refractivity contribution in [2.75, 3.05) is 0 Å². The van der Waals surface area contributed by atoms with Crippen LogP contribution in [-0.2, 0) is 11.2 Å². The van der Waals surface area contributed by atoms with Gasteiger partial charge in [-0.2, -0.15) is 0 Å². The van der Waals surface area contributed by atoms with Gasteiger partial charge < -0.3 is 9.73 Å². The first kappa shape index (κ1) is 12.8. The number of halogens is 2. The second-order valence-electron chi connectivity index (χ2n) is 4.87. The third kappa shape index (κ3) is 2.45. The van der Waals surface area contributed by atoms with Crippen molar-refractivity contribution in [3.63, 3.8) is 0 Å². The molecule has 17 heavy (non-hydrogen) atoms. The van der Waals surface area contributed by atoms with Crippen molar-refractivity contribution in [1.82, 2.24) is 5.32 Å². The summed E-state index contributed by atoms with van der Waals surface area (Å²) in [5.41, 5.74) is -0.659. The van der Waals surface area contributed by atoms with E-state index in [0.717, 1.165) is 5.76 Å². The van der Waals surface area contributed by atoms with Gasteiger partial charge in [0, 0.05) is 12.5 Å². The Bertz CT molecular complexity index is 416. The summed E-state index contributed by atoms with van der Waals surface area (Å²) in [6.07, 6.45) is 2.78. The Morgan fingerprint density at radius 3 is 2.76 bits per heavy atom. The molecule has 1 heterocycles. The van der Waals surface area contributed by atoms with Crippen LogP contribution < -0.4 is 5.32 Å². The second kappa shape index (κ2) is 4.21. The molecule has 1 aromatic rings. The van der Waals surface area contributed by atoms with Gasteiger partial charge in [0.2, 0.25) is 5.91 Å². The average Bonchev–Trinajstić information content (AvgIpc) is 2.64. The van der Waals surface area contributed by atoms with Gasteiger partial charge in [-0.15, -0.1) is 23.2 Å². The molecule has 0 spiro atoms. The minimum Gasteiger partial charge on any atom is -0.469 e. The van der Waals surface area contributed by atoms with E-state index in [9.17, 15) is 4.79 Å². The quantitative estimate of drug-likeness (QED) is 0.859. The van der Waals surface area contributed by atoms with Gasteiger partial charge in [-0.05, 0) is 32.4 Å². The van der Waals surface area contributed by atoms with Crippen molar-refractivity contribution < 1.29 is 9.21 Å². The van der Waals surface area contributed by atoms with E-state index < -0.39 is 9.75 Å². The molecule has 0 aromatic carbocycles. The zero-order chi connectivity index (χ0) is 12.7. The number of hydrogen-bond donors (Lipinski definition) is 1. The lowest BCUT2D eigenvalue weighted by molar-refractivity contribution is -0.126. The van der Waals surface area contributed by atoms with Crippen molar-refractivity contribution in [1.29, 1.82) is 0 Å². The Kier molecular flexibility index (Phi) is 3.17. The van der Waals surface area contributed by atoms with E-state index in [2.05, 4.69) is 5.32 Å². The van der Waals surface area contributed by atoms with Crippen molar-refractivity contribution in [3.05, 3.63) is 24.2 Å². The zero-order valence-electron chi connectivity index (χ0n) is 9.80. The minimum absolute atomic E-state index is 0.00444. The lowest BCUT2D eigenvalue weighted by Gasteiger charge is -2.17. The van der Waals surface area contributed by atoms with Crippen molar-refractivity contribution in [2.45, 2.75) is 37.1 Å². The number of alkyl halides is 2. The summed E-state index contributed by atoms with van der Waals surface area (Å²) >= 11 is 11.9. The average molecular weight is 276 g/mol. The van der Waals surface area contributed by atoms with Crippen LogP contribution in [0.1, 0.15) is 26.0 Å². The van der Waals surface area contributed by atoms with Gasteiger partial charge in [-0.1, -0.05) is 0 Å². The third-order valence-electron chi connectivity index (χ3n) is 3.22. The van der Waals surface area contributed by atoms with E-state index in [-0.39, 0.29) is 11.9 Å². The molecule has 3 nitrogen and oxygen atoms in total. The number of carbonyl (C=O) groups excluding carboxylic acids is 1. The first-order valence-corrected chi connectivity index (χ1v) is 6.32. The highest BCUT2D eigenvalue weighted by molar-refractivity contribution is 6.53. The molecule has 2 rings (SSSR count). The van der Waals surface area contributed by atoms with Crippen LogP contribution in [0.4, 0.5) is 0 Å². The number of carbonyl (C=O) groups is 1. The summed E-state index contributed by atoms with van der Waals surface area (Å²) in [5, 5.41) is 2.91. The monoisotopic (exact) mass is 275 g/mol. The maximum atomic E-state index is 12.0. The van der Waals surface area contributed by atoms with Gasteiger partial charge in [0.15, 0.2) is 0 Å². The van der Waals surface area contributed by atoms with Gasteiger partial charge in [-0.3, -0.25) is 4.79 Å². The maximum Gasteiger partial charge on any atom is 0.229 e. The molecule has 2 unspecified atom stereocenters.